The molecule has 0 saturated heterocycles. The summed E-state index contributed by atoms with van der Waals surface area (Å²) in [5, 5.41) is 2.13. The van der Waals surface area contributed by atoms with Crippen LogP contribution in [-0.2, 0) is 12.7 Å². The topological polar surface area (TPSA) is 20.7 Å². The molecule has 1 radical (unpaired) electrons. The summed E-state index contributed by atoms with van der Waals surface area (Å²) in [6.07, 6.45) is 1.88. The Kier molecular flexibility index (Phi) is 6.76. The van der Waals surface area contributed by atoms with Gasteiger partial charge in [-0.25, -0.2) is 0 Å². The number of alkyl halides is 3. The number of hydrogen-bond donors (Lipinski definition) is 1. The number of unbranched alkanes of at least 4 members (excludes halogenated alkanes) is 1. The third kappa shape index (κ3) is 4.32. The number of fused-ring (bicyclic) bond motifs is 2. The molecule has 3 aromatic carbocycles. The highest BCUT2D eigenvalue weighted by Crippen LogP contribution is 2.40. The molecule has 0 aliphatic rings. The van der Waals surface area contributed by atoms with Crippen molar-refractivity contribution in [1.82, 2.24) is 9.55 Å². The van der Waals surface area contributed by atoms with Crippen molar-refractivity contribution < 1.29 is 13.2 Å². The first-order valence-electron chi connectivity index (χ1n) is 11.2. The van der Waals surface area contributed by atoms with Crippen molar-refractivity contribution in [2.45, 2.75) is 32.5 Å². The van der Waals surface area contributed by atoms with E-state index in [9.17, 15) is 13.2 Å². The first-order valence-corrected chi connectivity index (χ1v) is 11.2. The minimum absolute atomic E-state index is 0. The number of hydrogen-bond acceptors (Lipinski definition) is 0. The van der Waals surface area contributed by atoms with E-state index in [1.807, 2.05) is 42.6 Å². The summed E-state index contributed by atoms with van der Waals surface area (Å²) in [6, 6.07) is 21.7. The van der Waals surface area contributed by atoms with Gasteiger partial charge in [0.15, 0.2) is 0 Å². The Bertz CT molecular complexity index is 1400. The molecular formula is C28H25ClF3N2. The van der Waals surface area contributed by atoms with Crippen LogP contribution in [0.15, 0.2) is 85.2 Å². The van der Waals surface area contributed by atoms with Crippen molar-refractivity contribution in [3.05, 3.63) is 113 Å². The second kappa shape index (κ2) is 9.59. The van der Waals surface area contributed by atoms with E-state index in [1.165, 1.54) is 12.1 Å². The first-order chi connectivity index (χ1) is 16.0. The standard InChI is InChI=1S/C28H24F3N2.ClH/c1-2-3-16-33-18-24(22-9-5-7-11-26(22)33)27(19-12-14-20(15-13-19)28(29,30)31)23-17-32-25-10-6-4-8-21(23)25;/h4-15,17-18,32H,2-3,16H2,1H3;1H. The summed E-state index contributed by atoms with van der Waals surface area (Å²) in [5.74, 6) is 0.924. The zero-order valence-electron chi connectivity index (χ0n) is 18.7. The van der Waals surface area contributed by atoms with Crippen molar-refractivity contribution >= 4 is 34.2 Å². The summed E-state index contributed by atoms with van der Waals surface area (Å²) < 4.78 is 42.0. The van der Waals surface area contributed by atoms with Gasteiger partial charge in [0.25, 0.3) is 0 Å². The zero-order chi connectivity index (χ0) is 23.0. The van der Waals surface area contributed by atoms with E-state index < -0.39 is 11.7 Å². The smallest absolute Gasteiger partial charge is 0.361 e. The van der Waals surface area contributed by atoms with Gasteiger partial charge in [-0.15, -0.1) is 12.4 Å². The van der Waals surface area contributed by atoms with Gasteiger partial charge in [-0.2, -0.15) is 13.2 Å². The van der Waals surface area contributed by atoms with Gasteiger partial charge in [-0.3, -0.25) is 0 Å². The predicted molar refractivity (Wildman–Crippen MR) is 134 cm³/mol. The molecule has 5 aromatic rings. The van der Waals surface area contributed by atoms with Gasteiger partial charge in [-0.05, 0) is 47.4 Å². The monoisotopic (exact) mass is 481 g/mol. The number of H-pyrrole nitrogens is 1. The largest absolute Gasteiger partial charge is 0.416 e. The number of nitrogens with zero attached hydrogens (tertiary/aromatic N) is 1. The highest BCUT2D eigenvalue weighted by atomic mass is 35.5. The SMILES string of the molecule is CCCCn1cc([C](c2ccc(C(F)(F)F)cc2)c2c[nH]c3ccccc23)c2ccccc21.Cl. The van der Waals surface area contributed by atoms with Crippen molar-refractivity contribution in [2.24, 2.45) is 0 Å². The van der Waals surface area contributed by atoms with Gasteiger partial charge >= 0.3 is 6.18 Å². The fraction of sp³-hybridized carbons (Fsp3) is 0.179. The second-order valence-electron chi connectivity index (χ2n) is 8.30. The number of halogens is 4. The first kappa shape index (κ1) is 24.0. The molecular weight excluding hydrogens is 457 g/mol. The summed E-state index contributed by atoms with van der Waals surface area (Å²) in [6.45, 7) is 3.06. The van der Waals surface area contributed by atoms with Crippen LogP contribution in [0.2, 0.25) is 0 Å². The van der Waals surface area contributed by atoms with E-state index in [0.29, 0.717) is 0 Å². The number of para-hydroxylation sites is 2. The lowest BCUT2D eigenvalue weighted by molar-refractivity contribution is -0.137. The van der Waals surface area contributed by atoms with Gasteiger partial charge in [0.05, 0.1) is 11.5 Å². The minimum atomic E-state index is -4.37. The molecule has 0 atom stereocenters. The Morgan fingerprint density at radius 1 is 0.853 bits per heavy atom. The number of aromatic amines is 1. The average molecular weight is 482 g/mol. The van der Waals surface area contributed by atoms with Crippen molar-refractivity contribution in [1.29, 1.82) is 0 Å². The van der Waals surface area contributed by atoms with Gasteiger partial charge in [0.2, 0.25) is 0 Å². The van der Waals surface area contributed by atoms with E-state index in [0.717, 1.165) is 63.8 Å². The molecule has 0 aliphatic heterocycles. The summed E-state index contributed by atoms with van der Waals surface area (Å²) in [4.78, 5) is 3.33. The maximum atomic E-state index is 13.2. The quantitative estimate of drug-likeness (QED) is 0.251. The molecule has 0 amide bonds. The van der Waals surface area contributed by atoms with E-state index in [1.54, 1.807) is 12.1 Å². The summed E-state index contributed by atoms with van der Waals surface area (Å²) in [7, 11) is 0. The summed E-state index contributed by atoms with van der Waals surface area (Å²) in [5.41, 5.74) is 4.23. The van der Waals surface area contributed by atoms with Crippen LogP contribution in [0.5, 0.6) is 0 Å². The van der Waals surface area contributed by atoms with Crippen LogP contribution in [-0.4, -0.2) is 9.55 Å². The third-order valence-electron chi connectivity index (χ3n) is 6.17. The Hall–Kier alpha value is -3.18. The second-order valence-corrected chi connectivity index (χ2v) is 8.30. The Labute approximate surface area is 202 Å². The highest BCUT2D eigenvalue weighted by Gasteiger charge is 2.31. The molecule has 34 heavy (non-hydrogen) atoms. The molecule has 0 saturated carbocycles. The van der Waals surface area contributed by atoms with Gasteiger partial charge < -0.3 is 9.55 Å². The lowest BCUT2D eigenvalue weighted by Crippen LogP contribution is -2.07. The number of aryl methyl sites for hydroxylation is 1. The zero-order valence-corrected chi connectivity index (χ0v) is 19.5. The molecule has 0 spiro atoms. The maximum Gasteiger partial charge on any atom is 0.416 e. The van der Waals surface area contributed by atoms with E-state index in [-0.39, 0.29) is 12.4 Å². The highest BCUT2D eigenvalue weighted by molar-refractivity contribution is 5.93. The lowest BCUT2D eigenvalue weighted by atomic mass is 9.84. The fourth-order valence-electron chi connectivity index (χ4n) is 4.52. The average Bonchev–Trinajstić information content (AvgIpc) is 3.40. The summed E-state index contributed by atoms with van der Waals surface area (Å²) >= 11 is 0. The predicted octanol–water partition coefficient (Wildman–Crippen LogP) is 8.38. The Morgan fingerprint density at radius 2 is 1.53 bits per heavy atom. The molecule has 0 aliphatic carbocycles. The van der Waals surface area contributed by atoms with Gasteiger partial charge in [0.1, 0.15) is 0 Å². The molecule has 2 heterocycles. The van der Waals surface area contributed by atoms with Crippen molar-refractivity contribution in [2.75, 3.05) is 0 Å². The minimum Gasteiger partial charge on any atom is -0.361 e. The fourth-order valence-corrected chi connectivity index (χ4v) is 4.52. The molecule has 1 N–H and O–H groups in total. The van der Waals surface area contributed by atoms with Crippen LogP contribution in [0.4, 0.5) is 13.2 Å². The Morgan fingerprint density at radius 3 is 2.24 bits per heavy atom. The third-order valence-corrected chi connectivity index (χ3v) is 6.17. The van der Waals surface area contributed by atoms with Crippen LogP contribution in [0, 0.1) is 5.92 Å². The van der Waals surface area contributed by atoms with Gasteiger partial charge in [-0.1, -0.05) is 61.9 Å². The number of aromatic nitrogens is 2. The van der Waals surface area contributed by atoms with E-state index in [2.05, 4.69) is 34.8 Å². The van der Waals surface area contributed by atoms with Crippen LogP contribution < -0.4 is 0 Å². The number of rotatable bonds is 6. The van der Waals surface area contributed by atoms with Crippen LogP contribution in [0.1, 0.15) is 42.0 Å². The molecule has 0 unspecified atom stereocenters. The van der Waals surface area contributed by atoms with Crippen molar-refractivity contribution in [3.63, 3.8) is 0 Å². The van der Waals surface area contributed by atoms with E-state index in [4.69, 9.17) is 0 Å². The molecule has 0 bridgehead atoms. The maximum absolute atomic E-state index is 13.2. The molecule has 2 nitrogen and oxygen atoms in total. The van der Waals surface area contributed by atoms with Crippen molar-refractivity contribution in [3.8, 4) is 0 Å². The molecule has 0 fully saturated rings. The Balaban J connectivity index is 0.00000274. The molecule has 2 aromatic heterocycles. The lowest BCUT2D eigenvalue weighted by Gasteiger charge is -2.17. The van der Waals surface area contributed by atoms with Gasteiger partial charge in [0, 0.05) is 40.7 Å². The van der Waals surface area contributed by atoms with E-state index >= 15 is 0 Å². The number of nitrogens with one attached hydrogen (secondary N) is 1. The van der Waals surface area contributed by atoms with Crippen LogP contribution in [0.25, 0.3) is 21.8 Å². The number of benzene rings is 3. The van der Waals surface area contributed by atoms with Crippen LogP contribution in [0.3, 0.4) is 0 Å². The molecule has 5 rings (SSSR count). The molecule has 6 heteroatoms. The normalized spacial score (nSPS) is 11.9. The van der Waals surface area contributed by atoms with Crippen LogP contribution >= 0.6 is 12.4 Å². The molecule has 175 valence electrons.